The smallest absolute Gasteiger partial charge is 0.426 e. The van der Waals surface area contributed by atoms with Crippen molar-refractivity contribution in [2.24, 2.45) is 0 Å². The average Bonchev–Trinajstić information content (AvgIpc) is 2.15. The topological polar surface area (TPSA) is 45.1 Å². The molecule has 14 heavy (non-hydrogen) atoms. The molecule has 1 rings (SSSR count). The average molecular weight is 266 g/mol. The van der Waals surface area contributed by atoms with Gasteiger partial charge in [-0.3, -0.25) is 4.90 Å². The summed E-state index contributed by atoms with van der Waals surface area (Å²) < 4.78 is 0. The standard InChI is InChI=1S/C8H15N3O2.BrH/c1-4-10-6-11(5-2)8(13)9(3)7(10)12;/h4-6H2,1-3H3;1H. The number of carbonyl (C=O) groups excluding carboxylic acids is 2. The summed E-state index contributed by atoms with van der Waals surface area (Å²) in [6.07, 6.45) is 0. The molecular formula is C8H16BrN3O2. The first-order chi connectivity index (χ1) is 6.11. The van der Waals surface area contributed by atoms with Gasteiger partial charge in [0, 0.05) is 13.6 Å². The minimum absolute atomic E-state index is 0. The lowest BCUT2D eigenvalue weighted by Gasteiger charge is -2.34. The minimum Gasteiger partial charge on any atom is -1.00 e. The number of rotatable bonds is 2. The number of halogens is 1. The van der Waals surface area contributed by atoms with E-state index in [0.29, 0.717) is 19.8 Å². The summed E-state index contributed by atoms with van der Waals surface area (Å²) >= 11 is 0. The fourth-order valence-corrected chi connectivity index (χ4v) is 1.41. The highest BCUT2D eigenvalue weighted by Gasteiger charge is 2.37. The molecule has 6 heteroatoms. The molecule has 0 aromatic heterocycles. The second-order valence-corrected chi connectivity index (χ2v) is 3.12. The minimum atomic E-state index is -0.190. The van der Waals surface area contributed by atoms with E-state index >= 15 is 0 Å². The maximum absolute atomic E-state index is 11.5. The summed E-state index contributed by atoms with van der Waals surface area (Å²) in [4.78, 5) is 26.6. The fraction of sp³-hybridized carbons (Fsp3) is 0.750. The van der Waals surface area contributed by atoms with Crippen LogP contribution in [0.1, 0.15) is 13.8 Å². The van der Waals surface area contributed by atoms with E-state index in [1.807, 2.05) is 13.8 Å². The number of quaternary nitrogens is 1. The van der Waals surface area contributed by atoms with Crippen molar-refractivity contribution >= 4 is 12.1 Å². The van der Waals surface area contributed by atoms with Crippen molar-refractivity contribution in [2.45, 2.75) is 13.8 Å². The summed E-state index contributed by atoms with van der Waals surface area (Å²) in [6.45, 7) is 5.71. The van der Waals surface area contributed by atoms with E-state index in [-0.39, 0.29) is 29.0 Å². The zero-order valence-corrected chi connectivity index (χ0v) is 10.3. The molecule has 82 valence electrons. The van der Waals surface area contributed by atoms with E-state index in [2.05, 4.69) is 0 Å². The van der Waals surface area contributed by atoms with Crippen molar-refractivity contribution in [3.63, 3.8) is 0 Å². The number of amides is 4. The van der Waals surface area contributed by atoms with Crippen LogP contribution in [0.25, 0.3) is 0 Å². The van der Waals surface area contributed by atoms with Crippen molar-refractivity contribution in [3.05, 3.63) is 0 Å². The number of hydrogen-bond acceptors (Lipinski definition) is 2. The SMILES string of the molecule is CCN1C[NH+](CC)C(=O)N(C)C1=O.[Br-]. The molecule has 1 aliphatic heterocycles. The van der Waals surface area contributed by atoms with Crippen LogP contribution in [0.2, 0.25) is 0 Å². The lowest BCUT2D eigenvalue weighted by Crippen LogP contribution is -3.19. The number of nitrogens with zero attached hydrogens (tertiary/aromatic N) is 2. The van der Waals surface area contributed by atoms with Gasteiger partial charge in [0.15, 0.2) is 6.67 Å². The third-order valence-corrected chi connectivity index (χ3v) is 2.35. The Morgan fingerprint density at radius 2 is 1.93 bits per heavy atom. The number of nitrogens with one attached hydrogen (secondary N) is 1. The molecular weight excluding hydrogens is 250 g/mol. The van der Waals surface area contributed by atoms with Gasteiger partial charge in [-0.2, -0.15) is 0 Å². The Morgan fingerprint density at radius 3 is 2.36 bits per heavy atom. The molecule has 0 bridgehead atoms. The first-order valence-corrected chi connectivity index (χ1v) is 4.53. The summed E-state index contributed by atoms with van der Waals surface area (Å²) in [7, 11) is 1.53. The Balaban J connectivity index is 0.00000169. The molecule has 1 saturated heterocycles. The third kappa shape index (κ3) is 2.24. The molecule has 0 spiro atoms. The zero-order chi connectivity index (χ0) is 10.0. The highest BCUT2D eigenvalue weighted by atomic mass is 79.9. The van der Waals surface area contributed by atoms with Gasteiger partial charge >= 0.3 is 12.1 Å². The molecule has 1 atom stereocenters. The van der Waals surface area contributed by atoms with Crippen LogP contribution in [-0.2, 0) is 0 Å². The van der Waals surface area contributed by atoms with Crippen LogP contribution in [-0.4, -0.2) is 48.7 Å². The lowest BCUT2D eigenvalue weighted by molar-refractivity contribution is -0.830. The molecule has 1 fully saturated rings. The lowest BCUT2D eigenvalue weighted by atomic mass is 10.4. The monoisotopic (exact) mass is 265 g/mol. The van der Waals surface area contributed by atoms with Crippen LogP contribution in [0.3, 0.4) is 0 Å². The first kappa shape index (κ1) is 13.4. The van der Waals surface area contributed by atoms with Crippen LogP contribution in [0.15, 0.2) is 0 Å². The van der Waals surface area contributed by atoms with Gasteiger partial charge in [-0.15, -0.1) is 0 Å². The van der Waals surface area contributed by atoms with E-state index in [1.165, 1.54) is 11.9 Å². The maximum Gasteiger partial charge on any atom is 0.426 e. The van der Waals surface area contributed by atoms with Crippen molar-refractivity contribution in [1.82, 2.24) is 9.80 Å². The van der Waals surface area contributed by atoms with Gasteiger partial charge in [0.25, 0.3) is 0 Å². The van der Waals surface area contributed by atoms with Gasteiger partial charge < -0.3 is 17.0 Å². The van der Waals surface area contributed by atoms with Gasteiger partial charge in [-0.1, -0.05) is 0 Å². The number of imide groups is 1. The summed E-state index contributed by atoms with van der Waals surface area (Å²) in [5.74, 6) is 0. The molecule has 0 aromatic carbocycles. The predicted molar refractivity (Wildman–Crippen MR) is 47.3 cm³/mol. The molecule has 1 heterocycles. The summed E-state index contributed by atoms with van der Waals surface area (Å²) in [5, 5.41) is 0. The second-order valence-electron chi connectivity index (χ2n) is 3.12. The molecule has 0 saturated carbocycles. The second kappa shape index (κ2) is 5.31. The molecule has 1 N–H and O–H groups in total. The summed E-state index contributed by atoms with van der Waals surface area (Å²) in [5.41, 5.74) is 0. The molecule has 0 aliphatic carbocycles. The van der Waals surface area contributed by atoms with Gasteiger partial charge in [0.1, 0.15) is 0 Å². The van der Waals surface area contributed by atoms with E-state index in [0.717, 1.165) is 4.90 Å². The summed E-state index contributed by atoms with van der Waals surface area (Å²) in [6, 6.07) is -0.318. The van der Waals surface area contributed by atoms with Crippen molar-refractivity contribution in [2.75, 3.05) is 26.8 Å². The quantitative estimate of drug-likeness (QED) is 0.560. The van der Waals surface area contributed by atoms with Crippen molar-refractivity contribution in [1.29, 1.82) is 0 Å². The van der Waals surface area contributed by atoms with Crippen molar-refractivity contribution < 1.29 is 31.5 Å². The number of urea groups is 2. The normalized spacial score (nSPS) is 22.4. The molecule has 4 amide bonds. The predicted octanol–water partition coefficient (Wildman–Crippen LogP) is -3.64. The van der Waals surface area contributed by atoms with Crippen LogP contribution < -0.4 is 21.9 Å². The van der Waals surface area contributed by atoms with E-state index < -0.39 is 0 Å². The van der Waals surface area contributed by atoms with Gasteiger partial charge in [0.05, 0.1) is 6.54 Å². The third-order valence-electron chi connectivity index (χ3n) is 2.35. The zero-order valence-electron chi connectivity index (χ0n) is 8.71. The number of hydrogen-bond donors (Lipinski definition) is 1. The van der Waals surface area contributed by atoms with Gasteiger partial charge in [0.2, 0.25) is 0 Å². The Labute approximate surface area is 94.4 Å². The Hall–Kier alpha value is -0.620. The Kier molecular flexibility index (Phi) is 5.07. The first-order valence-electron chi connectivity index (χ1n) is 4.53. The number of carbonyl (C=O) groups is 2. The van der Waals surface area contributed by atoms with Gasteiger partial charge in [-0.05, 0) is 13.8 Å². The largest absolute Gasteiger partial charge is 1.00 e. The fourth-order valence-electron chi connectivity index (χ4n) is 1.41. The van der Waals surface area contributed by atoms with Crippen LogP contribution in [0, 0.1) is 0 Å². The van der Waals surface area contributed by atoms with Gasteiger partial charge in [-0.25, -0.2) is 19.4 Å². The Bertz CT molecular complexity index is 213. The van der Waals surface area contributed by atoms with Crippen LogP contribution in [0.5, 0.6) is 0 Å². The molecule has 0 aromatic rings. The maximum atomic E-state index is 11.5. The Morgan fingerprint density at radius 1 is 1.36 bits per heavy atom. The highest BCUT2D eigenvalue weighted by Crippen LogP contribution is 1.98. The van der Waals surface area contributed by atoms with Crippen LogP contribution >= 0.6 is 0 Å². The van der Waals surface area contributed by atoms with E-state index in [4.69, 9.17) is 0 Å². The highest BCUT2D eigenvalue weighted by molar-refractivity contribution is 5.90. The molecule has 0 radical (unpaired) electrons. The molecule has 5 nitrogen and oxygen atoms in total. The van der Waals surface area contributed by atoms with E-state index in [9.17, 15) is 9.59 Å². The molecule has 1 unspecified atom stereocenters. The van der Waals surface area contributed by atoms with E-state index in [1.54, 1.807) is 4.90 Å². The molecule has 1 aliphatic rings. The van der Waals surface area contributed by atoms with Crippen LogP contribution in [0.4, 0.5) is 9.59 Å². The van der Waals surface area contributed by atoms with Crippen molar-refractivity contribution in [3.8, 4) is 0 Å².